The van der Waals surface area contributed by atoms with Gasteiger partial charge in [-0.3, -0.25) is 0 Å². The van der Waals surface area contributed by atoms with Crippen molar-refractivity contribution in [1.82, 2.24) is 0 Å². The lowest BCUT2D eigenvalue weighted by Gasteiger charge is -2.21. The third-order valence-electron chi connectivity index (χ3n) is 6.03. The SMILES string of the molecule is CCCC(CCC)Nc1cc(C)cc2ccc(Cc3ccc(C(C)(C)C)cc3)cc12. The summed E-state index contributed by atoms with van der Waals surface area (Å²) in [6.07, 6.45) is 5.86. The molecule has 0 heterocycles. The van der Waals surface area contributed by atoms with E-state index in [9.17, 15) is 0 Å². The Morgan fingerprint density at radius 3 is 2.03 bits per heavy atom. The molecule has 0 aliphatic heterocycles. The molecule has 0 aliphatic carbocycles. The maximum Gasteiger partial charge on any atom is 0.0424 e. The number of fused-ring (bicyclic) bond motifs is 1. The molecule has 0 saturated carbocycles. The largest absolute Gasteiger partial charge is 0.382 e. The molecular weight excluding hydrogens is 362 g/mol. The molecule has 0 amide bonds. The van der Waals surface area contributed by atoms with E-state index in [0.29, 0.717) is 6.04 Å². The smallest absolute Gasteiger partial charge is 0.0424 e. The molecule has 0 unspecified atom stereocenters. The van der Waals surface area contributed by atoms with Crippen molar-refractivity contribution in [3.8, 4) is 0 Å². The zero-order valence-electron chi connectivity index (χ0n) is 19.8. The minimum atomic E-state index is 0.202. The second-order valence-electron chi connectivity index (χ2n) is 9.91. The number of benzene rings is 3. The zero-order chi connectivity index (χ0) is 21.7. The van der Waals surface area contributed by atoms with Crippen molar-refractivity contribution in [2.75, 3.05) is 5.32 Å². The maximum atomic E-state index is 3.88. The lowest BCUT2D eigenvalue weighted by molar-refractivity contribution is 0.587. The first-order chi connectivity index (χ1) is 14.3. The van der Waals surface area contributed by atoms with Crippen molar-refractivity contribution in [1.29, 1.82) is 0 Å². The van der Waals surface area contributed by atoms with Gasteiger partial charge < -0.3 is 5.32 Å². The van der Waals surface area contributed by atoms with Gasteiger partial charge >= 0.3 is 0 Å². The van der Waals surface area contributed by atoms with Crippen molar-refractivity contribution in [2.24, 2.45) is 0 Å². The van der Waals surface area contributed by atoms with Gasteiger partial charge in [-0.2, -0.15) is 0 Å². The van der Waals surface area contributed by atoms with Gasteiger partial charge in [-0.15, -0.1) is 0 Å². The molecule has 0 fully saturated rings. The van der Waals surface area contributed by atoms with Crippen LogP contribution in [0.4, 0.5) is 5.69 Å². The Morgan fingerprint density at radius 1 is 0.800 bits per heavy atom. The second-order valence-corrected chi connectivity index (χ2v) is 9.91. The molecule has 0 aromatic heterocycles. The first-order valence-corrected chi connectivity index (χ1v) is 11.7. The molecule has 3 aromatic rings. The minimum absolute atomic E-state index is 0.202. The predicted octanol–water partition coefficient (Wildman–Crippen LogP) is 8.42. The van der Waals surface area contributed by atoms with Gasteiger partial charge in [0.25, 0.3) is 0 Å². The van der Waals surface area contributed by atoms with E-state index in [4.69, 9.17) is 0 Å². The van der Waals surface area contributed by atoms with E-state index < -0.39 is 0 Å². The molecule has 30 heavy (non-hydrogen) atoms. The number of aryl methyl sites for hydroxylation is 1. The van der Waals surface area contributed by atoms with Crippen LogP contribution in [0.5, 0.6) is 0 Å². The van der Waals surface area contributed by atoms with Crippen LogP contribution in [0, 0.1) is 6.92 Å². The Hall–Kier alpha value is -2.28. The molecule has 0 spiro atoms. The van der Waals surface area contributed by atoms with Gasteiger partial charge in [-0.25, -0.2) is 0 Å². The molecule has 0 radical (unpaired) electrons. The summed E-state index contributed by atoms with van der Waals surface area (Å²) in [5.74, 6) is 0. The van der Waals surface area contributed by atoms with Crippen molar-refractivity contribution in [3.63, 3.8) is 0 Å². The summed E-state index contributed by atoms with van der Waals surface area (Å²) >= 11 is 0. The van der Waals surface area contributed by atoms with Crippen molar-refractivity contribution < 1.29 is 0 Å². The summed E-state index contributed by atoms with van der Waals surface area (Å²) in [4.78, 5) is 0. The van der Waals surface area contributed by atoms with Gasteiger partial charge in [0.05, 0.1) is 0 Å². The third-order valence-corrected chi connectivity index (χ3v) is 6.03. The van der Waals surface area contributed by atoms with Crippen LogP contribution in [0.2, 0.25) is 0 Å². The Morgan fingerprint density at radius 2 is 1.43 bits per heavy atom. The molecule has 0 saturated heterocycles. The van der Waals surface area contributed by atoms with Crippen LogP contribution < -0.4 is 5.32 Å². The van der Waals surface area contributed by atoms with Gasteiger partial charge in [0.1, 0.15) is 0 Å². The average Bonchev–Trinajstić information content (AvgIpc) is 2.68. The summed E-state index contributed by atoms with van der Waals surface area (Å²) in [5, 5.41) is 6.56. The molecule has 0 aliphatic rings. The highest BCUT2D eigenvalue weighted by molar-refractivity contribution is 5.95. The monoisotopic (exact) mass is 401 g/mol. The van der Waals surface area contributed by atoms with Crippen LogP contribution in [0.15, 0.2) is 54.6 Å². The highest BCUT2D eigenvalue weighted by atomic mass is 14.9. The fourth-order valence-electron chi connectivity index (χ4n) is 4.35. The van der Waals surface area contributed by atoms with Gasteiger partial charge in [0.2, 0.25) is 0 Å². The van der Waals surface area contributed by atoms with E-state index in [2.05, 4.69) is 101 Å². The van der Waals surface area contributed by atoms with Gasteiger partial charge in [0.15, 0.2) is 0 Å². The van der Waals surface area contributed by atoms with E-state index in [1.54, 1.807) is 0 Å². The average molecular weight is 402 g/mol. The lowest BCUT2D eigenvalue weighted by Crippen LogP contribution is -2.19. The van der Waals surface area contributed by atoms with Crippen molar-refractivity contribution >= 4 is 16.5 Å². The Balaban J connectivity index is 1.89. The van der Waals surface area contributed by atoms with Gasteiger partial charge in [-0.1, -0.05) is 89.9 Å². The highest BCUT2D eigenvalue weighted by Crippen LogP contribution is 2.29. The van der Waals surface area contributed by atoms with E-state index in [1.807, 2.05) is 0 Å². The summed E-state index contributed by atoms with van der Waals surface area (Å²) in [5.41, 5.74) is 6.96. The fourth-order valence-corrected chi connectivity index (χ4v) is 4.35. The fraction of sp³-hybridized carbons (Fsp3) is 0.448. The van der Waals surface area contributed by atoms with E-state index >= 15 is 0 Å². The molecule has 1 N–H and O–H groups in total. The Kier molecular flexibility index (Phi) is 7.23. The van der Waals surface area contributed by atoms with E-state index in [-0.39, 0.29) is 5.41 Å². The standard InChI is InChI=1S/C29H39N/c1-7-9-26(10-8-2)30-28-18-21(3)17-24-14-11-23(20-27(24)28)19-22-12-15-25(16-13-22)29(4,5)6/h11-18,20,26,30H,7-10,19H2,1-6H3. The summed E-state index contributed by atoms with van der Waals surface area (Å²) < 4.78 is 0. The van der Waals surface area contributed by atoms with Gasteiger partial charge in [0, 0.05) is 17.1 Å². The van der Waals surface area contributed by atoms with Crippen LogP contribution >= 0.6 is 0 Å². The summed E-state index contributed by atoms with van der Waals surface area (Å²) in [6, 6.07) is 21.3. The normalized spacial score (nSPS) is 12.0. The summed E-state index contributed by atoms with van der Waals surface area (Å²) in [6.45, 7) is 13.6. The van der Waals surface area contributed by atoms with Crippen LogP contribution in [0.25, 0.3) is 10.8 Å². The van der Waals surface area contributed by atoms with Crippen LogP contribution in [-0.2, 0) is 11.8 Å². The number of nitrogens with one attached hydrogen (secondary N) is 1. The first-order valence-electron chi connectivity index (χ1n) is 11.7. The topological polar surface area (TPSA) is 12.0 Å². The highest BCUT2D eigenvalue weighted by Gasteiger charge is 2.13. The Labute approximate surface area is 183 Å². The Bertz CT molecular complexity index is 954. The number of rotatable bonds is 8. The maximum absolute atomic E-state index is 3.88. The molecule has 3 aromatic carbocycles. The molecule has 3 rings (SSSR count). The number of anilines is 1. The number of hydrogen-bond donors (Lipinski definition) is 1. The summed E-state index contributed by atoms with van der Waals surface area (Å²) in [7, 11) is 0. The van der Waals surface area contributed by atoms with Crippen LogP contribution in [0.1, 0.15) is 82.6 Å². The van der Waals surface area contributed by atoms with Gasteiger partial charge in [-0.05, 0) is 71.4 Å². The minimum Gasteiger partial charge on any atom is -0.382 e. The molecule has 1 heteroatoms. The predicted molar refractivity (Wildman–Crippen MR) is 134 cm³/mol. The van der Waals surface area contributed by atoms with Crippen LogP contribution in [0.3, 0.4) is 0 Å². The van der Waals surface area contributed by atoms with Crippen molar-refractivity contribution in [2.45, 2.75) is 85.1 Å². The first kappa shape index (κ1) is 22.4. The lowest BCUT2D eigenvalue weighted by atomic mass is 9.86. The molecule has 0 atom stereocenters. The molecule has 0 bridgehead atoms. The number of hydrogen-bond acceptors (Lipinski definition) is 1. The third kappa shape index (κ3) is 5.65. The van der Waals surface area contributed by atoms with E-state index in [0.717, 1.165) is 6.42 Å². The van der Waals surface area contributed by atoms with Crippen molar-refractivity contribution in [3.05, 3.63) is 76.9 Å². The van der Waals surface area contributed by atoms with E-state index in [1.165, 1.54) is 64.4 Å². The van der Waals surface area contributed by atoms with Crippen LogP contribution in [-0.4, -0.2) is 6.04 Å². The molecule has 160 valence electrons. The zero-order valence-corrected chi connectivity index (χ0v) is 19.8. The molecular formula is C29H39N. The quantitative estimate of drug-likeness (QED) is 0.399. The second kappa shape index (κ2) is 9.69. The molecule has 1 nitrogen and oxygen atoms in total.